The lowest BCUT2D eigenvalue weighted by atomic mass is 9.95. The predicted octanol–water partition coefficient (Wildman–Crippen LogP) is 4.39. The van der Waals surface area contributed by atoms with Crippen molar-refractivity contribution in [1.29, 1.82) is 0 Å². The summed E-state index contributed by atoms with van der Waals surface area (Å²) in [6.07, 6.45) is 10.2. The summed E-state index contributed by atoms with van der Waals surface area (Å²) in [5, 5.41) is 8.00. The topological polar surface area (TPSA) is 121 Å². The maximum atomic E-state index is 13.7. The quantitative estimate of drug-likeness (QED) is 0.448. The summed E-state index contributed by atoms with van der Waals surface area (Å²) in [6.45, 7) is 3.45. The average molecular weight is 528 g/mol. The first-order chi connectivity index (χ1) is 18.1. The molecule has 38 heavy (non-hydrogen) atoms. The van der Waals surface area contributed by atoms with E-state index in [9.17, 15) is 18.4 Å². The van der Waals surface area contributed by atoms with Crippen molar-refractivity contribution in [3.8, 4) is 22.8 Å². The van der Waals surface area contributed by atoms with Crippen LogP contribution in [-0.2, 0) is 4.79 Å². The van der Waals surface area contributed by atoms with E-state index < -0.39 is 30.2 Å². The van der Waals surface area contributed by atoms with Crippen LogP contribution in [0.4, 0.5) is 8.78 Å². The molecule has 1 saturated carbocycles. The van der Waals surface area contributed by atoms with Gasteiger partial charge in [-0.1, -0.05) is 19.3 Å². The second kappa shape index (κ2) is 10.2. The molecule has 0 bridgehead atoms. The van der Waals surface area contributed by atoms with Gasteiger partial charge in [0.1, 0.15) is 12.4 Å². The molecule has 202 valence electrons. The number of nitrogens with two attached hydrogens (primary N) is 1. The number of primary amides is 1. The van der Waals surface area contributed by atoms with Crippen molar-refractivity contribution in [2.45, 2.75) is 76.5 Å². The van der Waals surface area contributed by atoms with E-state index in [1.54, 1.807) is 24.5 Å². The van der Waals surface area contributed by atoms with Gasteiger partial charge in [0.05, 0.1) is 29.9 Å². The maximum Gasteiger partial charge on any atom is 0.326 e. The van der Waals surface area contributed by atoms with Crippen molar-refractivity contribution in [3.63, 3.8) is 0 Å². The Balaban J connectivity index is 1.55. The molecular weight excluding hydrogens is 496 g/mol. The van der Waals surface area contributed by atoms with E-state index in [1.165, 1.54) is 19.3 Å². The van der Waals surface area contributed by atoms with Gasteiger partial charge in [-0.15, -0.1) is 0 Å². The minimum absolute atomic E-state index is 0.164. The van der Waals surface area contributed by atoms with Crippen molar-refractivity contribution >= 4 is 22.6 Å². The Morgan fingerprint density at radius 2 is 1.97 bits per heavy atom. The fourth-order valence-electron chi connectivity index (χ4n) is 5.18. The van der Waals surface area contributed by atoms with Gasteiger partial charge in [0.2, 0.25) is 5.88 Å². The smallest absolute Gasteiger partial charge is 0.326 e. The van der Waals surface area contributed by atoms with E-state index >= 15 is 0 Å². The number of nitrogens with zero attached hydrogens (tertiary/aromatic N) is 3. The van der Waals surface area contributed by atoms with Crippen LogP contribution in [0.25, 0.3) is 21.9 Å². The van der Waals surface area contributed by atoms with Gasteiger partial charge in [0.15, 0.2) is 0 Å². The SMILES string of the molecule is CC(C)Oc1cc2c(OCC3CC(F)(F)C(=O)N3)ncc(-c3cnn(C4CCCCC4)c3)c2cc1C(N)=O. The summed E-state index contributed by atoms with van der Waals surface area (Å²) < 4.78 is 41.1. The molecule has 1 atom stereocenters. The van der Waals surface area contributed by atoms with Crippen molar-refractivity contribution < 1.29 is 27.8 Å². The molecule has 5 rings (SSSR count). The number of fused-ring (bicyclic) bond motifs is 1. The Morgan fingerprint density at radius 3 is 2.63 bits per heavy atom. The van der Waals surface area contributed by atoms with Gasteiger partial charge in [-0.2, -0.15) is 13.9 Å². The summed E-state index contributed by atoms with van der Waals surface area (Å²) in [6, 6.07) is 2.75. The molecule has 1 aliphatic heterocycles. The third-order valence-electron chi connectivity index (χ3n) is 7.03. The van der Waals surface area contributed by atoms with Crippen molar-refractivity contribution in [2.75, 3.05) is 6.61 Å². The second-order valence-corrected chi connectivity index (χ2v) is 10.3. The van der Waals surface area contributed by atoms with Crippen molar-refractivity contribution in [3.05, 3.63) is 36.3 Å². The molecule has 2 fully saturated rings. The number of carbonyl (C=O) groups is 2. The first-order valence-corrected chi connectivity index (χ1v) is 12.9. The van der Waals surface area contributed by atoms with E-state index in [1.807, 2.05) is 24.7 Å². The number of hydrogen-bond donors (Lipinski definition) is 2. The first-order valence-electron chi connectivity index (χ1n) is 12.9. The van der Waals surface area contributed by atoms with E-state index in [-0.39, 0.29) is 29.9 Å². The minimum atomic E-state index is -3.43. The van der Waals surface area contributed by atoms with E-state index in [0.717, 1.165) is 18.4 Å². The van der Waals surface area contributed by atoms with Crippen LogP contribution in [0.15, 0.2) is 30.7 Å². The number of aromatic nitrogens is 3. The van der Waals surface area contributed by atoms with E-state index in [4.69, 9.17) is 15.2 Å². The number of benzene rings is 1. The fraction of sp³-hybridized carbons (Fsp3) is 0.481. The van der Waals surface area contributed by atoms with Gasteiger partial charge < -0.3 is 20.5 Å². The van der Waals surface area contributed by atoms with Crippen LogP contribution in [0.2, 0.25) is 0 Å². The lowest BCUT2D eigenvalue weighted by Crippen LogP contribution is -2.33. The lowest BCUT2D eigenvalue weighted by Gasteiger charge is -2.21. The molecule has 2 aliphatic rings. The molecule has 0 spiro atoms. The maximum absolute atomic E-state index is 13.7. The van der Waals surface area contributed by atoms with Crippen molar-refractivity contribution in [2.24, 2.45) is 5.73 Å². The molecule has 9 nitrogen and oxygen atoms in total. The van der Waals surface area contributed by atoms with Gasteiger partial charge in [-0.25, -0.2) is 4.98 Å². The molecule has 11 heteroatoms. The summed E-state index contributed by atoms with van der Waals surface area (Å²) in [5.41, 5.74) is 7.43. The molecule has 3 aromatic rings. The molecule has 2 amide bonds. The summed E-state index contributed by atoms with van der Waals surface area (Å²) in [7, 11) is 0. The molecule has 1 unspecified atom stereocenters. The number of alkyl halides is 2. The summed E-state index contributed by atoms with van der Waals surface area (Å²) in [5.74, 6) is -4.96. The summed E-state index contributed by atoms with van der Waals surface area (Å²) >= 11 is 0. The molecule has 0 radical (unpaired) electrons. The number of nitrogens with one attached hydrogen (secondary N) is 1. The Bertz CT molecular complexity index is 1370. The molecule has 2 aromatic heterocycles. The second-order valence-electron chi connectivity index (χ2n) is 10.3. The van der Waals surface area contributed by atoms with Crippen LogP contribution in [-0.4, -0.2) is 51.3 Å². The van der Waals surface area contributed by atoms with Gasteiger partial charge in [-0.05, 0) is 44.2 Å². The van der Waals surface area contributed by atoms with Crippen LogP contribution in [0.1, 0.15) is 68.8 Å². The van der Waals surface area contributed by atoms with Crippen LogP contribution in [0.5, 0.6) is 11.6 Å². The minimum Gasteiger partial charge on any atom is -0.490 e. The Labute approximate surface area is 218 Å². The Morgan fingerprint density at radius 1 is 1.21 bits per heavy atom. The number of carbonyl (C=O) groups excluding carboxylic acids is 2. The Kier molecular flexibility index (Phi) is 6.93. The van der Waals surface area contributed by atoms with Crippen molar-refractivity contribution in [1.82, 2.24) is 20.1 Å². The van der Waals surface area contributed by atoms with Crippen LogP contribution < -0.4 is 20.5 Å². The number of rotatable bonds is 8. The van der Waals surface area contributed by atoms with Crippen LogP contribution >= 0.6 is 0 Å². The number of hydrogen-bond acceptors (Lipinski definition) is 6. The zero-order valence-electron chi connectivity index (χ0n) is 21.4. The number of halogens is 2. The Hall–Kier alpha value is -3.76. The monoisotopic (exact) mass is 527 g/mol. The highest BCUT2D eigenvalue weighted by Crippen LogP contribution is 2.38. The number of pyridine rings is 1. The standard InChI is InChI=1S/C27H31F2N5O4/c1-15(2)38-23-9-20-19(8-21(23)24(30)35)22(16-11-32-34(13-16)18-6-4-3-5-7-18)12-31-25(20)37-14-17-10-27(28,29)26(36)33-17/h8-9,11-13,15,17-18H,3-7,10,14H2,1-2H3,(H2,30,35)(H,33,36). The predicted molar refractivity (Wildman–Crippen MR) is 136 cm³/mol. The van der Waals surface area contributed by atoms with Crippen LogP contribution in [0, 0.1) is 0 Å². The number of amides is 2. The number of ether oxygens (including phenoxy) is 2. The zero-order chi connectivity index (χ0) is 27.0. The first kappa shape index (κ1) is 25.9. The van der Waals surface area contributed by atoms with Crippen LogP contribution in [0.3, 0.4) is 0 Å². The van der Waals surface area contributed by atoms with E-state index in [2.05, 4.69) is 15.4 Å². The largest absolute Gasteiger partial charge is 0.490 e. The van der Waals surface area contributed by atoms with E-state index in [0.29, 0.717) is 22.4 Å². The summed E-state index contributed by atoms with van der Waals surface area (Å²) in [4.78, 5) is 28.3. The average Bonchev–Trinajstić information content (AvgIpc) is 3.46. The third-order valence-corrected chi connectivity index (χ3v) is 7.03. The zero-order valence-corrected chi connectivity index (χ0v) is 21.4. The molecular formula is C27H31F2N5O4. The molecule has 1 aromatic carbocycles. The van der Waals surface area contributed by atoms with Gasteiger partial charge in [0.25, 0.3) is 11.8 Å². The highest BCUT2D eigenvalue weighted by atomic mass is 19.3. The highest BCUT2D eigenvalue weighted by molar-refractivity contribution is 6.06. The van der Waals surface area contributed by atoms with Gasteiger partial charge in [-0.3, -0.25) is 14.3 Å². The molecule has 1 aliphatic carbocycles. The van der Waals surface area contributed by atoms with Gasteiger partial charge in [0, 0.05) is 35.3 Å². The molecule has 1 saturated heterocycles. The van der Waals surface area contributed by atoms with Gasteiger partial charge >= 0.3 is 5.92 Å². The molecule has 3 N–H and O–H groups in total. The normalized spacial score (nSPS) is 19.6. The lowest BCUT2D eigenvalue weighted by molar-refractivity contribution is -0.139. The third kappa shape index (κ3) is 5.14. The highest BCUT2D eigenvalue weighted by Gasteiger charge is 2.48. The molecule has 3 heterocycles. The fourth-order valence-corrected chi connectivity index (χ4v) is 5.18.